The van der Waals surface area contributed by atoms with Crippen LogP contribution >= 0.6 is 0 Å². The van der Waals surface area contributed by atoms with E-state index >= 15 is 0 Å². The van der Waals surface area contributed by atoms with Gasteiger partial charge in [0.2, 0.25) is 10.9 Å². The lowest BCUT2D eigenvalue weighted by atomic mass is 10.1. The van der Waals surface area contributed by atoms with Gasteiger partial charge in [0.25, 0.3) is 17.8 Å². The molecule has 10 nitrogen and oxygen atoms in total. The Balaban J connectivity index is 1.65. The molecular weight excluding hydrogens is 420 g/mol. The molecule has 1 aromatic heterocycles. The Hall–Kier alpha value is -4.95. The maximum atomic E-state index is 12.9. The van der Waals surface area contributed by atoms with Crippen LogP contribution in [-0.2, 0) is 0 Å². The summed E-state index contributed by atoms with van der Waals surface area (Å²) in [6.07, 6.45) is 0. The Morgan fingerprint density at radius 2 is 1.70 bits per heavy atom. The van der Waals surface area contributed by atoms with Crippen LogP contribution in [0.3, 0.4) is 0 Å². The summed E-state index contributed by atoms with van der Waals surface area (Å²) in [5.74, 6) is -0.652. The zero-order valence-electron chi connectivity index (χ0n) is 17.6. The number of rotatable bonds is 6. The van der Waals surface area contributed by atoms with Gasteiger partial charge in [-0.3, -0.25) is 20.2 Å². The van der Waals surface area contributed by atoms with E-state index in [-0.39, 0.29) is 17.8 Å². The standard InChI is InChI=1S/C23H18N8O2/c1-15-8-5-6-13-19(15)21(33)26-23-27-22(29-31(23)18-11-3-2-4-12-18)25-20(32)16-9-7-10-17(14-16)28-30-24/h2-14,24H,1H3,(H-,25,26,27,29,32,33)/p+1. The lowest BCUT2D eigenvalue weighted by Gasteiger charge is -2.08. The van der Waals surface area contributed by atoms with Gasteiger partial charge in [-0.2, -0.15) is 9.67 Å². The van der Waals surface area contributed by atoms with E-state index in [1.807, 2.05) is 37.3 Å². The summed E-state index contributed by atoms with van der Waals surface area (Å²) in [6.45, 7) is 1.84. The predicted octanol–water partition coefficient (Wildman–Crippen LogP) is 4.26. The summed E-state index contributed by atoms with van der Waals surface area (Å²) in [4.78, 5) is 32.9. The van der Waals surface area contributed by atoms with E-state index in [1.165, 1.54) is 10.7 Å². The fraction of sp³-hybridized carbons (Fsp3) is 0.0435. The molecule has 0 saturated carbocycles. The van der Waals surface area contributed by atoms with Crippen LogP contribution in [0.1, 0.15) is 26.3 Å². The number of para-hydroxylation sites is 1. The van der Waals surface area contributed by atoms with Gasteiger partial charge in [0.15, 0.2) is 10.8 Å². The van der Waals surface area contributed by atoms with Gasteiger partial charge in [-0.1, -0.05) is 42.5 Å². The van der Waals surface area contributed by atoms with Crippen molar-refractivity contribution in [1.29, 1.82) is 5.53 Å². The van der Waals surface area contributed by atoms with Gasteiger partial charge in [0.05, 0.1) is 5.69 Å². The SMILES string of the molecule is Cc1ccccc1C(=O)Nc1nc(NC(=O)c2cccc(N=[N+]=N)c2)nn1-c1ccccc1. The number of nitrogens with one attached hydrogen (secondary N) is 3. The molecule has 33 heavy (non-hydrogen) atoms. The monoisotopic (exact) mass is 439 g/mol. The van der Waals surface area contributed by atoms with Crippen molar-refractivity contribution in [3.8, 4) is 5.69 Å². The topological polar surface area (TPSA) is 139 Å². The molecule has 0 atom stereocenters. The van der Waals surface area contributed by atoms with E-state index in [4.69, 9.17) is 5.53 Å². The molecule has 0 aliphatic carbocycles. The number of anilines is 2. The summed E-state index contributed by atoms with van der Waals surface area (Å²) in [5.41, 5.74) is 9.48. The highest BCUT2D eigenvalue weighted by atomic mass is 16.2. The van der Waals surface area contributed by atoms with E-state index in [2.05, 4.69) is 30.7 Å². The molecule has 3 N–H and O–H groups in total. The number of aryl methyl sites for hydroxylation is 1. The number of amides is 2. The molecule has 0 spiro atoms. The summed E-state index contributed by atoms with van der Waals surface area (Å²) in [5, 5.41) is 13.4. The molecule has 0 bridgehead atoms. The van der Waals surface area contributed by atoms with Gasteiger partial charge < -0.3 is 0 Å². The second-order valence-electron chi connectivity index (χ2n) is 6.98. The normalized spacial score (nSPS) is 10.2. The highest BCUT2D eigenvalue weighted by molar-refractivity contribution is 6.05. The molecule has 10 heteroatoms. The van der Waals surface area contributed by atoms with Crippen molar-refractivity contribution >= 4 is 29.4 Å². The second-order valence-corrected chi connectivity index (χ2v) is 6.98. The number of hydrogen-bond acceptors (Lipinski definition) is 6. The lowest BCUT2D eigenvalue weighted by molar-refractivity contribution is 0.101. The maximum absolute atomic E-state index is 12.9. The van der Waals surface area contributed by atoms with E-state index in [0.29, 0.717) is 22.5 Å². The fourth-order valence-electron chi connectivity index (χ4n) is 3.13. The minimum Gasteiger partial charge on any atom is -0.290 e. The molecule has 0 aliphatic heterocycles. The number of nitrogens with zero attached hydrogens (tertiary/aromatic N) is 5. The Morgan fingerprint density at radius 1 is 0.939 bits per heavy atom. The maximum Gasteiger partial charge on any atom is 0.258 e. The third-order valence-corrected chi connectivity index (χ3v) is 4.72. The largest absolute Gasteiger partial charge is 0.290 e. The Morgan fingerprint density at radius 3 is 2.45 bits per heavy atom. The number of benzene rings is 3. The lowest BCUT2D eigenvalue weighted by Crippen LogP contribution is -2.17. The molecule has 0 unspecified atom stereocenters. The van der Waals surface area contributed by atoms with Crippen molar-refractivity contribution in [3.05, 3.63) is 95.6 Å². The number of hydrogen-bond donors (Lipinski definition) is 3. The van der Waals surface area contributed by atoms with Crippen LogP contribution in [-0.4, -0.2) is 26.6 Å². The van der Waals surface area contributed by atoms with E-state index < -0.39 is 5.91 Å². The molecule has 4 aromatic rings. The Labute approximate surface area is 188 Å². The number of carbonyl (C=O) groups excluding carboxylic acids is 2. The molecule has 0 fully saturated rings. The first kappa shape index (κ1) is 21.3. The summed E-state index contributed by atoms with van der Waals surface area (Å²) in [6, 6.07) is 22.7. The average molecular weight is 439 g/mol. The van der Waals surface area contributed by atoms with Crippen molar-refractivity contribution in [2.24, 2.45) is 5.11 Å². The Kier molecular flexibility index (Phi) is 6.10. The van der Waals surface area contributed by atoms with Crippen molar-refractivity contribution < 1.29 is 9.59 Å². The molecule has 0 aliphatic rings. The molecule has 3 aromatic carbocycles. The summed E-state index contributed by atoms with van der Waals surface area (Å²) >= 11 is 0. The van der Waals surface area contributed by atoms with Crippen LogP contribution in [0.4, 0.5) is 17.6 Å². The third-order valence-electron chi connectivity index (χ3n) is 4.72. The summed E-state index contributed by atoms with van der Waals surface area (Å²) in [7, 11) is 0. The van der Waals surface area contributed by atoms with Crippen molar-refractivity contribution in [2.45, 2.75) is 6.92 Å². The van der Waals surface area contributed by atoms with E-state index in [1.54, 1.807) is 42.5 Å². The van der Waals surface area contributed by atoms with Crippen LogP contribution in [0.15, 0.2) is 84.0 Å². The van der Waals surface area contributed by atoms with Crippen LogP contribution in [0, 0.1) is 12.5 Å². The molecule has 2 amide bonds. The molecule has 0 radical (unpaired) electrons. The van der Waals surface area contributed by atoms with Gasteiger partial charge in [0, 0.05) is 11.1 Å². The van der Waals surface area contributed by atoms with Crippen molar-refractivity contribution in [1.82, 2.24) is 19.7 Å². The summed E-state index contributed by atoms with van der Waals surface area (Å²) < 4.78 is 1.44. The van der Waals surface area contributed by atoms with Crippen molar-refractivity contribution in [3.63, 3.8) is 0 Å². The molecule has 0 saturated heterocycles. The van der Waals surface area contributed by atoms with Gasteiger partial charge in [-0.25, -0.2) is 0 Å². The first-order chi connectivity index (χ1) is 16.0. The third kappa shape index (κ3) is 4.87. The van der Waals surface area contributed by atoms with E-state index in [0.717, 1.165) is 5.56 Å². The Bertz CT molecular complexity index is 1370. The minimum atomic E-state index is -0.473. The molecular formula is C23H19N8O2+. The number of aromatic nitrogens is 3. The highest BCUT2D eigenvalue weighted by Crippen LogP contribution is 2.19. The minimum absolute atomic E-state index is 0.0106. The smallest absolute Gasteiger partial charge is 0.258 e. The second kappa shape index (κ2) is 9.46. The zero-order chi connectivity index (χ0) is 23.2. The van der Waals surface area contributed by atoms with Gasteiger partial charge in [0.1, 0.15) is 5.53 Å². The number of carbonyl (C=O) groups is 2. The van der Waals surface area contributed by atoms with E-state index in [9.17, 15) is 9.59 Å². The van der Waals surface area contributed by atoms with Crippen molar-refractivity contribution in [2.75, 3.05) is 10.6 Å². The van der Waals surface area contributed by atoms with Crippen LogP contribution in [0.2, 0.25) is 0 Å². The average Bonchev–Trinajstić information content (AvgIpc) is 3.22. The zero-order valence-corrected chi connectivity index (χ0v) is 17.6. The van der Waals surface area contributed by atoms with Crippen LogP contribution < -0.4 is 15.5 Å². The molecule has 4 rings (SSSR count). The van der Waals surface area contributed by atoms with Gasteiger partial charge in [-0.15, -0.1) is 5.10 Å². The van der Waals surface area contributed by atoms with Gasteiger partial charge >= 0.3 is 0 Å². The molecule has 1 heterocycles. The highest BCUT2D eigenvalue weighted by Gasteiger charge is 2.18. The molecule has 162 valence electrons. The van der Waals surface area contributed by atoms with Crippen LogP contribution in [0.25, 0.3) is 5.69 Å². The first-order valence-corrected chi connectivity index (χ1v) is 9.93. The first-order valence-electron chi connectivity index (χ1n) is 9.93. The van der Waals surface area contributed by atoms with Crippen LogP contribution in [0.5, 0.6) is 0 Å². The fourth-order valence-corrected chi connectivity index (χ4v) is 3.13. The van der Waals surface area contributed by atoms with Gasteiger partial charge in [-0.05, 0) is 48.9 Å². The predicted molar refractivity (Wildman–Crippen MR) is 122 cm³/mol. The quantitative estimate of drug-likeness (QED) is 0.305.